The summed E-state index contributed by atoms with van der Waals surface area (Å²) in [6.07, 6.45) is 0.426. The van der Waals surface area contributed by atoms with Crippen molar-refractivity contribution in [1.29, 1.82) is 5.26 Å². The number of nitriles is 1. The van der Waals surface area contributed by atoms with E-state index in [1.165, 1.54) is 17.0 Å². The molecule has 3 heterocycles. The van der Waals surface area contributed by atoms with Crippen LogP contribution in [0.2, 0.25) is 0 Å². The molecule has 9 nitrogen and oxygen atoms in total. The molecule has 0 bridgehead atoms. The second-order valence-electron chi connectivity index (χ2n) is 4.72. The number of hydrogen-bond donors (Lipinski definition) is 3. The average Bonchev–Trinajstić information content (AvgIpc) is 3.01. The maximum Gasteiger partial charge on any atom is 0.226 e. The number of nitrogen functional groups attached to an aromatic ring is 1. The van der Waals surface area contributed by atoms with Gasteiger partial charge < -0.3 is 20.7 Å². The Hall–Kier alpha value is -1.32. The van der Waals surface area contributed by atoms with E-state index in [2.05, 4.69) is 46.9 Å². The zero-order valence-electron chi connectivity index (χ0n) is 10.9. The second kappa shape index (κ2) is 5.10. The van der Waals surface area contributed by atoms with Crippen LogP contribution in [0.15, 0.2) is 12.5 Å². The number of ether oxygens (including phenoxy) is 1. The van der Waals surface area contributed by atoms with Gasteiger partial charge in [0.1, 0.15) is 30.3 Å². The Bertz CT molecular complexity index is 775. The molecule has 2 aromatic heterocycles. The van der Waals surface area contributed by atoms with Crippen molar-refractivity contribution in [3.8, 4) is 6.07 Å². The van der Waals surface area contributed by atoms with Crippen LogP contribution in [0, 0.1) is 11.3 Å². The molecular weight excluding hydrogens is 424 g/mol. The zero-order chi connectivity index (χ0) is 16.1. The van der Waals surface area contributed by atoms with Gasteiger partial charge in [0.15, 0.2) is 14.7 Å². The summed E-state index contributed by atoms with van der Waals surface area (Å²) in [7, 11) is 0. The fourth-order valence-corrected chi connectivity index (χ4v) is 3.77. The van der Waals surface area contributed by atoms with Crippen molar-refractivity contribution >= 4 is 43.3 Å². The first kappa shape index (κ1) is 15.6. The van der Waals surface area contributed by atoms with Gasteiger partial charge in [0.2, 0.25) is 5.60 Å². The molecule has 3 rings (SSSR count). The Morgan fingerprint density at radius 2 is 2.23 bits per heavy atom. The third-order valence-corrected chi connectivity index (χ3v) is 5.61. The van der Waals surface area contributed by atoms with Crippen molar-refractivity contribution < 1.29 is 14.9 Å². The number of aromatic nitrogens is 4. The number of nitrogens with zero attached hydrogens (tertiary/aromatic N) is 5. The van der Waals surface area contributed by atoms with Crippen LogP contribution in [-0.4, -0.2) is 51.8 Å². The third-order valence-electron chi connectivity index (χ3n) is 3.55. The predicted molar refractivity (Wildman–Crippen MR) is 81.0 cm³/mol. The highest BCUT2D eigenvalue weighted by molar-refractivity contribution is 9.25. The summed E-state index contributed by atoms with van der Waals surface area (Å²) in [5, 5.41) is 33.4. The van der Waals surface area contributed by atoms with Gasteiger partial charge in [-0.15, -0.1) is 0 Å². The van der Waals surface area contributed by atoms with Crippen molar-refractivity contribution in [1.82, 2.24) is 19.6 Å². The summed E-state index contributed by atoms with van der Waals surface area (Å²) in [6, 6.07) is 2.03. The van der Waals surface area contributed by atoms with E-state index in [4.69, 9.17) is 10.5 Å². The first-order valence-corrected chi connectivity index (χ1v) is 7.68. The SMILES string of the molecule is N#C[C@@]1(c2cnc3c(N)ncnn23)O[C@H](CO)C(O)C1(Br)Br. The number of aliphatic hydroxyl groups is 2. The largest absolute Gasteiger partial charge is 0.394 e. The number of imidazole rings is 1. The summed E-state index contributed by atoms with van der Waals surface area (Å²) >= 11 is 6.58. The van der Waals surface area contributed by atoms with E-state index in [-0.39, 0.29) is 17.2 Å². The van der Waals surface area contributed by atoms with Crippen molar-refractivity contribution in [3.05, 3.63) is 18.2 Å². The highest BCUT2D eigenvalue weighted by Crippen LogP contribution is 2.55. The molecule has 1 aliphatic heterocycles. The number of nitrogens with two attached hydrogens (primary N) is 1. The molecule has 22 heavy (non-hydrogen) atoms. The van der Waals surface area contributed by atoms with Gasteiger partial charge in [0.05, 0.1) is 12.8 Å². The number of rotatable bonds is 2. The van der Waals surface area contributed by atoms with Gasteiger partial charge in [0, 0.05) is 0 Å². The van der Waals surface area contributed by atoms with Crippen LogP contribution >= 0.6 is 31.9 Å². The molecule has 11 heteroatoms. The fraction of sp³-hybridized carbons (Fsp3) is 0.455. The molecule has 1 unspecified atom stereocenters. The highest BCUT2D eigenvalue weighted by Gasteiger charge is 2.66. The van der Waals surface area contributed by atoms with Gasteiger partial charge in [-0.25, -0.2) is 14.5 Å². The summed E-state index contributed by atoms with van der Waals surface area (Å²) < 4.78 is 5.59. The zero-order valence-corrected chi connectivity index (χ0v) is 14.1. The number of anilines is 1. The minimum Gasteiger partial charge on any atom is -0.394 e. The Kier molecular flexibility index (Phi) is 3.61. The second-order valence-corrected chi connectivity index (χ2v) is 8.29. The molecule has 0 spiro atoms. The van der Waals surface area contributed by atoms with Crippen LogP contribution < -0.4 is 5.73 Å². The Balaban J connectivity index is 2.27. The smallest absolute Gasteiger partial charge is 0.226 e. The molecule has 1 fully saturated rings. The summed E-state index contributed by atoms with van der Waals surface area (Å²) in [6.45, 7) is -0.461. The van der Waals surface area contributed by atoms with Crippen LogP contribution in [0.3, 0.4) is 0 Å². The first-order chi connectivity index (χ1) is 10.4. The lowest BCUT2D eigenvalue weighted by molar-refractivity contribution is -0.0520. The van der Waals surface area contributed by atoms with Gasteiger partial charge >= 0.3 is 0 Å². The monoisotopic (exact) mass is 432 g/mol. The van der Waals surface area contributed by atoms with Crippen LogP contribution in [0.1, 0.15) is 5.69 Å². The molecule has 2 aromatic rings. The lowest BCUT2D eigenvalue weighted by Crippen LogP contribution is -2.45. The fourth-order valence-electron chi connectivity index (χ4n) is 2.41. The molecule has 0 radical (unpaired) electrons. The van der Waals surface area contributed by atoms with E-state index >= 15 is 0 Å². The number of halogens is 2. The quantitative estimate of drug-likeness (QED) is 0.546. The Morgan fingerprint density at radius 3 is 2.82 bits per heavy atom. The minimum atomic E-state index is -1.69. The van der Waals surface area contributed by atoms with Gasteiger partial charge in [-0.3, -0.25) is 0 Å². The van der Waals surface area contributed by atoms with Gasteiger partial charge in [-0.2, -0.15) is 10.4 Å². The normalized spacial score (nSPS) is 30.5. The molecular formula is C11H10Br2N6O3. The standard InChI is InChI=1S/C11H10Br2N6O3/c12-11(13)7(21)5(2-20)22-10(11,3-14)6-1-16-9-8(15)17-4-18-19(6)9/h1,4-5,7,20-21H,2H2,(H2,15,17,18)/t5-,7?,10+/m1/s1. The number of fused-ring (bicyclic) bond motifs is 1. The lowest BCUT2D eigenvalue weighted by Gasteiger charge is -2.30. The first-order valence-electron chi connectivity index (χ1n) is 6.09. The average molecular weight is 434 g/mol. The van der Waals surface area contributed by atoms with Crippen LogP contribution in [0.25, 0.3) is 5.65 Å². The number of aliphatic hydroxyl groups excluding tert-OH is 2. The topological polar surface area (TPSA) is 143 Å². The number of hydrogen-bond acceptors (Lipinski definition) is 8. The van der Waals surface area contributed by atoms with Crippen molar-refractivity contribution in [3.63, 3.8) is 0 Å². The molecule has 116 valence electrons. The summed E-state index contributed by atoms with van der Waals surface area (Å²) in [5.74, 6) is 0.140. The van der Waals surface area contributed by atoms with E-state index in [0.717, 1.165) is 0 Å². The Morgan fingerprint density at radius 1 is 1.50 bits per heavy atom. The molecule has 1 aliphatic rings. The highest BCUT2D eigenvalue weighted by atomic mass is 79.9. The van der Waals surface area contributed by atoms with E-state index in [0.29, 0.717) is 0 Å². The molecule has 4 N–H and O–H groups in total. The lowest BCUT2D eigenvalue weighted by atomic mass is 9.96. The molecule has 0 aliphatic carbocycles. The molecule has 1 saturated heterocycles. The van der Waals surface area contributed by atoms with Crippen molar-refractivity contribution in [2.45, 2.75) is 21.0 Å². The van der Waals surface area contributed by atoms with E-state index in [1.54, 1.807) is 0 Å². The number of alkyl halides is 2. The van der Waals surface area contributed by atoms with Gasteiger partial charge in [-0.05, 0) is 0 Å². The van der Waals surface area contributed by atoms with Crippen LogP contribution in [0.4, 0.5) is 5.82 Å². The van der Waals surface area contributed by atoms with Crippen molar-refractivity contribution in [2.24, 2.45) is 0 Å². The molecule has 0 amide bonds. The minimum absolute atomic E-state index is 0.140. The molecule has 0 aromatic carbocycles. The summed E-state index contributed by atoms with van der Waals surface area (Å²) in [5.41, 5.74) is 4.53. The third kappa shape index (κ3) is 1.82. The maximum atomic E-state index is 10.3. The van der Waals surface area contributed by atoms with E-state index < -0.39 is 27.6 Å². The van der Waals surface area contributed by atoms with Crippen LogP contribution in [-0.2, 0) is 10.3 Å². The molecule has 3 atom stereocenters. The van der Waals surface area contributed by atoms with Crippen LogP contribution in [0.5, 0.6) is 0 Å². The van der Waals surface area contributed by atoms with Crippen molar-refractivity contribution in [2.75, 3.05) is 12.3 Å². The van der Waals surface area contributed by atoms with Gasteiger partial charge in [-0.1, -0.05) is 31.9 Å². The maximum absolute atomic E-state index is 10.3. The van der Waals surface area contributed by atoms with E-state index in [9.17, 15) is 15.5 Å². The summed E-state index contributed by atoms with van der Waals surface area (Å²) in [4.78, 5) is 7.92. The predicted octanol–water partition coefficient (Wildman–Crippen LogP) is -0.337. The van der Waals surface area contributed by atoms with Gasteiger partial charge in [0.25, 0.3) is 0 Å². The van der Waals surface area contributed by atoms with E-state index in [1.807, 2.05) is 6.07 Å². The Labute approximate surface area is 141 Å². The molecule has 0 saturated carbocycles.